The molecule has 0 aliphatic carbocycles. The molecule has 0 unspecified atom stereocenters. The van der Waals surface area contributed by atoms with Gasteiger partial charge in [0.2, 0.25) is 0 Å². The fourth-order valence-electron chi connectivity index (χ4n) is 16.9. The molecule has 0 spiro atoms. The average Bonchev–Trinajstić information content (AvgIpc) is 1.17. The second kappa shape index (κ2) is 27.7. The third kappa shape index (κ3) is 11.8. The van der Waals surface area contributed by atoms with E-state index in [-0.39, 0.29) is 0 Å². The number of rotatable bonds is 8. The van der Waals surface area contributed by atoms with E-state index in [1.54, 1.807) is 0 Å². The standard InChI is InChI=1S/C52H32O.C30H21BO2.C22H13BrO/c1-2-13-37-32-50-48(30-36(37)12-1)47-31-38(27-28-49(47)53-50)33-23-25-35(26-24-33)51-43-18-5-7-20-45(43)52(46-21-8-6-19-44(46)51)40-16-9-15-39(29-40)42-22-10-14-34-11-3-4-17-41(34)42;32-31(33)30-27-16-5-3-14-25(27)29(26-15-4-6-17-28(26)30)22-12-7-11-21(19-22)24-18-8-10-20-9-1-2-13-23(20)24;23-18-8-5-14(6-9-18)17-7-10-21-19(12-17)20-11-15-3-1-2-4-16(15)13-22(20)24-21/h1-32H;1-19,32-33H;1-13H. The van der Waals surface area contributed by atoms with Crippen LogP contribution in [-0.2, 0) is 0 Å². The molecule has 20 aromatic carbocycles. The zero-order chi connectivity index (χ0) is 73.3. The molecule has 0 aliphatic heterocycles. The van der Waals surface area contributed by atoms with E-state index in [4.69, 9.17) is 8.83 Å². The Hall–Kier alpha value is -13.5. The third-order valence-electron chi connectivity index (χ3n) is 22.0. The van der Waals surface area contributed by atoms with Crippen molar-refractivity contribution < 1.29 is 18.9 Å². The van der Waals surface area contributed by atoms with Crippen molar-refractivity contribution in [3.63, 3.8) is 0 Å². The number of hydrogen-bond donors (Lipinski definition) is 2. The second-order valence-corrected chi connectivity index (χ2v) is 29.3. The summed E-state index contributed by atoms with van der Waals surface area (Å²) >= 11 is 3.49. The lowest BCUT2D eigenvalue weighted by Crippen LogP contribution is -2.31. The van der Waals surface area contributed by atoms with Gasteiger partial charge in [-0.05, 0) is 242 Å². The Morgan fingerprint density at radius 2 is 0.482 bits per heavy atom. The van der Waals surface area contributed by atoms with Crippen LogP contribution in [0.4, 0.5) is 0 Å². The van der Waals surface area contributed by atoms with Crippen molar-refractivity contribution in [2.45, 2.75) is 0 Å². The highest BCUT2D eigenvalue weighted by atomic mass is 79.9. The fourth-order valence-corrected chi connectivity index (χ4v) is 17.2. The Balaban J connectivity index is 0.000000118. The van der Waals surface area contributed by atoms with E-state index >= 15 is 0 Å². The zero-order valence-electron chi connectivity index (χ0n) is 59.6. The highest BCUT2D eigenvalue weighted by molar-refractivity contribution is 9.10. The molecule has 0 aliphatic rings. The summed E-state index contributed by atoms with van der Waals surface area (Å²) in [5, 5.41) is 43.7. The van der Waals surface area contributed by atoms with Crippen molar-refractivity contribution in [3.05, 3.63) is 393 Å². The number of furan rings is 2. The normalized spacial score (nSPS) is 11.6. The maximum atomic E-state index is 10.2. The van der Waals surface area contributed by atoms with Crippen molar-refractivity contribution in [1.29, 1.82) is 0 Å². The van der Waals surface area contributed by atoms with E-state index in [0.717, 1.165) is 81.2 Å². The summed E-state index contributed by atoms with van der Waals surface area (Å²) in [4.78, 5) is 0. The van der Waals surface area contributed by atoms with Crippen LogP contribution in [0.15, 0.2) is 402 Å². The van der Waals surface area contributed by atoms with Gasteiger partial charge in [0.15, 0.2) is 0 Å². The van der Waals surface area contributed by atoms with Gasteiger partial charge < -0.3 is 18.9 Å². The van der Waals surface area contributed by atoms with Crippen LogP contribution in [0.3, 0.4) is 0 Å². The first-order chi connectivity index (χ1) is 54.3. The minimum absolute atomic E-state index is 0.551. The number of benzene rings is 20. The molecule has 0 bridgehead atoms. The van der Waals surface area contributed by atoms with Gasteiger partial charge >= 0.3 is 7.12 Å². The minimum atomic E-state index is -1.55. The smallest absolute Gasteiger partial charge is 0.456 e. The van der Waals surface area contributed by atoms with Gasteiger partial charge in [0.05, 0.1) is 0 Å². The predicted molar refractivity (Wildman–Crippen MR) is 470 cm³/mol. The summed E-state index contributed by atoms with van der Waals surface area (Å²) in [6.07, 6.45) is 0. The van der Waals surface area contributed by atoms with Crippen molar-refractivity contribution >= 4 is 159 Å². The van der Waals surface area contributed by atoms with Crippen molar-refractivity contribution in [2.75, 3.05) is 0 Å². The molecule has 110 heavy (non-hydrogen) atoms. The van der Waals surface area contributed by atoms with Crippen molar-refractivity contribution in [3.8, 4) is 77.9 Å². The molecular weight excluding hydrogens is 1400 g/mol. The lowest BCUT2D eigenvalue weighted by atomic mass is 9.72. The number of fused-ring (bicyclic) bond motifs is 14. The summed E-state index contributed by atoms with van der Waals surface area (Å²) in [6.45, 7) is 0. The predicted octanol–water partition coefficient (Wildman–Crippen LogP) is 28.2. The van der Waals surface area contributed by atoms with Crippen LogP contribution in [0, 0.1) is 0 Å². The van der Waals surface area contributed by atoms with E-state index in [0.29, 0.717) is 5.46 Å². The third-order valence-corrected chi connectivity index (χ3v) is 22.6. The summed E-state index contributed by atoms with van der Waals surface area (Å²) < 4.78 is 13.5. The van der Waals surface area contributed by atoms with Gasteiger partial charge in [-0.1, -0.05) is 331 Å². The minimum Gasteiger partial charge on any atom is -0.456 e. The summed E-state index contributed by atoms with van der Waals surface area (Å²) in [5.74, 6) is 0. The molecular formula is C104H66BBrO4. The lowest BCUT2D eigenvalue weighted by molar-refractivity contribution is 0.426. The van der Waals surface area contributed by atoms with Crippen LogP contribution < -0.4 is 5.46 Å². The van der Waals surface area contributed by atoms with Gasteiger partial charge in [-0.15, -0.1) is 0 Å². The molecule has 0 radical (unpaired) electrons. The van der Waals surface area contributed by atoms with Gasteiger partial charge in [-0.25, -0.2) is 0 Å². The Labute approximate surface area is 643 Å². The molecule has 0 fully saturated rings. The zero-order valence-corrected chi connectivity index (χ0v) is 61.2. The highest BCUT2D eigenvalue weighted by Crippen LogP contribution is 2.47. The largest absolute Gasteiger partial charge is 0.489 e. The first-order valence-electron chi connectivity index (χ1n) is 37.2. The maximum Gasteiger partial charge on any atom is 0.489 e. The number of halogens is 1. The van der Waals surface area contributed by atoms with Crippen LogP contribution in [0.1, 0.15) is 0 Å². The SMILES string of the molecule is Brc1ccc(-c2ccc3oc4cc5ccccc5cc4c3c2)cc1.OB(O)c1c2ccccc2c(-c2cccc(-c3cccc4ccccc34)c2)c2ccccc12.c1cc(-c2cccc3ccccc23)cc(-c2c3ccccc3c(-c3ccc(-c4ccc5oc6cc7ccccc7cc6c5c4)cc3)c3ccccc23)c1. The first-order valence-corrected chi connectivity index (χ1v) is 38.0. The Bertz CT molecular complexity index is 7270. The van der Waals surface area contributed by atoms with E-state index in [2.05, 4.69) is 368 Å². The molecule has 4 nitrogen and oxygen atoms in total. The van der Waals surface area contributed by atoms with Crippen molar-refractivity contribution in [2.24, 2.45) is 0 Å². The molecule has 0 saturated heterocycles. The monoisotopic (exact) mass is 1470 g/mol. The topological polar surface area (TPSA) is 66.7 Å². The van der Waals surface area contributed by atoms with Crippen LogP contribution >= 0.6 is 15.9 Å². The molecule has 516 valence electrons. The first kappa shape index (κ1) is 66.0. The second-order valence-electron chi connectivity index (χ2n) is 28.4. The Morgan fingerprint density at radius 3 is 0.891 bits per heavy atom. The summed E-state index contributed by atoms with van der Waals surface area (Å²) in [6, 6.07) is 138. The summed E-state index contributed by atoms with van der Waals surface area (Å²) in [5.41, 5.74) is 21.0. The van der Waals surface area contributed by atoms with Gasteiger partial charge in [0, 0.05) is 26.0 Å². The molecule has 2 N–H and O–H groups in total. The lowest BCUT2D eigenvalue weighted by Gasteiger charge is -2.18. The van der Waals surface area contributed by atoms with E-state index in [1.165, 1.54) is 131 Å². The van der Waals surface area contributed by atoms with Gasteiger partial charge in [0.25, 0.3) is 0 Å². The summed E-state index contributed by atoms with van der Waals surface area (Å²) in [7, 11) is -1.55. The Morgan fingerprint density at radius 1 is 0.191 bits per heavy atom. The molecule has 0 saturated carbocycles. The number of hydrogen-bond acceptors (Lipinski definition) is 4. The van der Waals surface area contributed by atoms with Crippen LogP contribution in [0.5, 0.6) is 0 Å². The van der Waals surface area contributed by atoms with Crippen LogP contribution in [0.2, 0.25) is 0 Å². The van der Waals surface area contributed by atoms with E-state index < -0.39 is 7.12 Å². The molecule has 0 amide bonds. The van der Waals surface area contributed by atoms with Crippen LogP contribution in [-0.4, -0.2) is 17.2 Å². The fraction of sp³-hybridized carbons (Fsp3) is 0. The van der Waals surface area contributed by atoms with Gasteiger partial charge in [-0.3, -0.25) is 0 Å². The average molecular weight is 1470 g/mol. The maximum absolute atomic E-state index is 10.2. The molecule has 2 aromatic heterocycles. The van der Waals surface area contributed by atoms with Gasteiger partial charge in [0.1, 0.15) is 22.3 Å². The quantitative estimate of drug-likeness (QED) is 0.118. The molecule has 22 aromatic rings. The molecule has 22 rings (SSSR count). The molecule has 6 heteroatoms. The van der Waals surface area contributed by atoms with E-state index in [9.17, 15) is 10.0 Å². The van der Waals surface area contributed by atoms with Gasteiger partial charge in [-0.2, -0.15) is 0 Å². The molecule has 2 heterocycles. The molecule has 0 atom stereocenters. The van der Waals surface area contributed by atoms with Crippen LogP contribution in [0.25, 0.3) is 208 Å². The van der Waals surface area contributed by atoms with E-state index in [1.807, 2.05) is 36.4 Å². The highest BCUT2D eigenvalue weighted by Gasteiger charge is 2.24. The van der Waals surface area contributed by atoms with Crippen molar-refractivity contribution in [1.82, 2.24) is 0 Å². The Kier molecular flexibility index (Phi) is 16.6.